The molecule has 5 aromatic rings. The van der Waals surface area contributed by atoms with Gasteiger partial charge in [-0.2, -0.15) is 0 Å². The number of nitrogens with one attached hydrogen (secondary N) is 1. The van der Waals surface area contributed by atoms with Gasteiger partial charge in [-0.1, -0.05) is 54.6 Å². The topological polar surface area (TPSA) is 67.8 Å². The molecule has 0 saturated heterocycles. The van der Waals surface area contributed by atoms with Crippen LogP contribution < -0.4 is 5.32 Å². The summed E-state index contributed by atoms with van der Waals surface area (Å²) in [6, 6.07) is 26.7. The summed E-state index contributed by atoms with van der Waals surface area (Å²) < 4.78 is 0. The molecule has 0 unspecified atom stereocenters. The van der Waals surface area contributed by atoms with Crippen molar-refractivity contribution >= 4 is 22.4 Å². The van der Waals surface area contributed by atoms with Crippen LogP contribution in [0.2, 0.25) is 0 Å². The molecule has 0 fully saturated rings. The van der Waals surface area contributed by atoms with Crippen LogP contribution in [0.4, 0.5) is 5.13 Å². The SMILES string of the molecule is C[C@]1(c2ccccn2)c2ccccc2C[C@@H]1C(=O)Nc1nc(Cc2ccc(-c3ccncc3)cc2)cs1. The second kappa shape index (κ2) is 9.71. The molecule has 2 aromatic carbocycles. The van der Waals surface area contributed by atoms with Gasteiger partial charge in [0.2, 0.25) is 5.91 Å². The molecule has 5 nitrogen and oxygen atoms in total. The number of benzene rings is 2. The Morgan fingerprint density at radius 1 is 0.946 bits per heavy atom. The van der Waals surface area contributed by atoms with Crippen LogP contribution in [0, 0.1) is 5.92 Å². The Kier molecular flexibility index (Phi) is 6.10. The van der Waals surface area contributed by atoms with E-state index in [-0.39, 0.29) is 11.8 Å². The zero-order chi connectivity index (χ0) is 25.2. The fourth-order valence-corrected chi connectivity index (χ4v) is 6.08. The highest BCUT2D eigenvalue weighted by molar-refractivity contribution is 7.13. The third kappa shape index (κ3) is 4.45. The number of carbonyl (C=O) groups excluding carboxylic acids is 1. The lowest BCUT2D eigenvalue weighted by Crippen LogP contribution is -2.38. The van der Waals surface area contributed by atoms with Crippen molar-refractivity contribution in [3.63, 3.8) is 0 Å². The number of hydrogen-bond donors (Lipinski definition) is 1. The fraction of sp³-hybridized carbons (Fsp3) is 0.161. The Balaban J connectivity index is 1.18. The fourth-order valence-electron chi connectivity index (χ4n) is 5.36. The van der Waals surface area contributed by atoms with E-state index in [0.29, 0.717) is 18.0 Å². The normalized spacial score (nSPS) is 18.4. The van der Waals surface area contributed by atoms with Crippen molar-refractivity contribution in [3.05, 3.63) is 131 Å². The van der Waals surface area contributed by atoms with E-state index in [1.807, 2.05) is 47.8 Å². The van der Waals surface area contributed by atoms with Crippen LogP contribution in [-0.2, 0) is 23.1 Å². The molecule has 6 rings (SSSR count). The molecule has 1 N–H and O–H groups in total. The van der Waals surface area contributed by atoms with Crippen molar-refractivity contribution in [2.75, 3.05) is 5.32 Å². The van der Waals surface area contributed by atoms with E-state index in [9.17, 15) is 4.79 Å². The maximum Gasteiger partial charge on any atom is 0.230 e. The van der Waals surface area contributed by atoms with Gasteiger partial charge in [0, 0.05) is 35.8 Å². The summed E-state index contributed by atoms with van der Waals surface area (Å²) in [5.41, 5.74) is 7.20. The van der Waals surface area contributed by atoms with E-state index in [2.05, 4.69) is 58.6 Å². The predicted molar refractivity (Wildman–Crippen MR) is 148 cm³/mol. The number of nitrogens with zero attached hydrogens (tertiary/aromatic N) is 3. The number of fused-ring (bicyclic) bond motifs is 1. The standard InChI is InChI=1S/C31H26N4OS/c1-31(28-8-4-5-15-33-28)26-7-3-2-6-24(26)19-27(31)29(36)35-30-34-25(20-37-30)18-21-9-11-22(12-10-21)23-13-16-32-17-14-23/h2-17,20,27H,18-19H2,1H3,(H,34,35,36)/t27-,31+/m1/s1. The number of hydrogen-bond acceptors (Lipinski definition) is 5. The molecule has 3 aromatic heterocycles. The van der Waals surface area contributed by atoms with Gasteiger partial charge >= 0.3 is 0 Å². The average Bonchev–Trinajstić information content (AvgIpc) is 3.52. The highest BCUT2D eigenvalue weighted by atomic mass is 32.1. The lowest BCUT2D eigenvalue weighted by Gasteiger charge is -2.31. The number of carbonyl (C=O) groups is 1. The smallest absolute Gasteiger partial charge is 0.230 e. The molecular weight excluding hydrogens is 476 g/mol. The average molecular weight is 503 g/mol. The molecule has 1 aliphatic carbocycles. The summed E-state index contributed by atoms with van der Waals surface area (Å²) in [7, 11) is 0. The maximum atomic E-state index is 13.6. The van der Waals surface area contributed by atoms with Gasteiger partial charge in [0.05, 0.1) is 17.3 Å². The molecule has 0 saturated carbocycles. The van der Waals surface area contributed by atoms with Crippen LogP contribution >= 0.6 is 11.3 Å². The highest BCUT2D eigenvalue weighted by Crippen LogP contribution is 2.47. The van der Waals surface area contributed by atoms with E-state index in [1.165, 1.54) is 28.0 Å². The number of amides is 1. The zero-order valence-corrected chi connectivity index (χ0v) is 21.3. The Hall–Kier alpha value is -4.16. The molecule has 6 heteroatoms. The maximum absolute atomic E-state index is 13.6. The summed E-state index contributed by atoms with van der Waals surface area (Å²) in [5, 5.41) is 5.77. The van der Waals surface area contributed by atoms with E-state index in [1.54, 1.807) is 18.6 Å². The summed E-state index contributed by atoms with van der Waals surface area (Å²) in [4.78, 5) is 27.1. The minimum Gasteiger partial charge on any atom is -0.302 e. The summed E-state index contributed by atoms with van der Waals surface area (Å²) >= 11 is 1.47. The molecule has 0 bridgehead atoms. The molecule has 1 aliphatic rings. The largest absolute Gasteiger partial charge is 0.302 e. The van der Waals surface area contributed by atoms with Gasteiger partial charge in [0.25, 0.3) is 0 Å². The van der Waals surface area contributed by atoms with Crippen molar-refractivity contribution < 1.29 is 4.79 Å². The third-order valence-electron chi connectivity index (χ3n) is 7.35. The Bertz CT molecular complexity index is 1530. The first-order chi connectivity index (χ1) is 18.1. The molecule has 0 radical (unpaired) electrons. The first-order valence-corrected chi connectivity index (χ1v) is 13.2. The van der Waals surface area contributed by atoms with Crippen molar-refractivity contribution in [3.8, 4) is 11.1 Å². The van der Waals surface area contributed by atoms with E-state index in [0.717, 1.165) is 22.5 Å². The van der Waals surface area contributed by atoms with E-state index in [4.69, 9.17) is 4.98 Å². The lowest BCUT2D eigenvalue weighted by molar-refractivity contribution is -0.121. The monoisotopic (exact) mass is 502 g/mol. The number of rotatable bonds is 6. The van der Waals surface area contributed by atoms with Gasteiger partial charge in [0.15, 0.2) is 5.13 Å². The first kappa shape index (κ1) is 23.3. The van der Waals surface area contributed by atoms with E-state index < -0.39 is 5.41 Å². The molecule has 37 heavy (non-hydrogen) atoms. The van der Waals surface area contributed by atoms with Gasteiger partial charge < -0.3 is 5.32 Å². The van der Waals surface area contributed by atoms with Gasteiger partial charge in [0.1, 0.15) is 0 Å². The Morgan fingerprint density at radius 2 is 1.70 bits per heavy atom. The van der Waals surface area contributed by atoms with Gasteiger partial charge in [-0.15, -0.1) is 11.3 Å². The minimum absolute atomic E-state index is 0.0213. The Morgan fingerprint density at radius 3 is 2.49 bits per heavy atom. The van der Waals surface area contributed by atoms with Crippen LogP contribution in [-0.4, -0.2) is 20.9 Å². The van der Waals surface area contributed by atoms with Crippen LogP contribution in [0.25, 0.3) is 11.1 Å². The van der Waals surface area contributed by atoms with Crippen molar-refractivity contribution in [2.45, 2.75) is 25.2 Å². The van der Waals surface area contributed by atoms with Crippen LogP contribution in [0.5, 0.6) is 0 Å². The minimum atomic E-state index is -0.501. The van der Waals surface area contributed by atoms with Crippen molar-refractivity contribution in [2.24, 2.45) is 5.92 Å². The molecule has 1 amide bonds. The number of thiazole rings is 1. The van der Waals surface area contributed by atoms with Crippen molar-refractivity contribution in [1.29, 1.82) is 0 Å². The predicted octanol–water partition coefficient (Wildman–Crippen LogP) is 6.31. The zero-order valence-electron chi connectivity index (χ0n) is 20.5. The van der Waals surface area contributed by atoms with Gasteiger partial charge in [-0.05, 0) is 65.4 Å². The third-order valence-corrected chi connectivity index (χ3v) is 8.15. The summed E-state index contributed by atoms with van der Waals surface area (Å²) in [6.07, 6.45) is 6.79. The summed E-state index contributed by atoms with van der Waals surface area (Å²) in [6.45, 7) is 2.13. The molecule has 0 spiro atoms. The highest BCUT2D eigenvalue weighted by Gasteiger charge is 2.48. The second-order valence-corrected chi connectivity index (χ2v) is 10.4. The summed E-state index contributed by atoms with van der Waals surface area (Å²) in [5.74, 6) is -0.292. The molecule has 182 valence electrons. The van der Waals surface area contributed by atoms with Crippen molar-refractivity contribution in [1.82, 2.24) is 15.0 Å². The molecular formula is C31H26N4OS. The van der Waals surface area contributed by atoms with E-state index >= 15 is 0 Å². The van der Waals surface area contributed by atoms with Crippen LogP contribution in [0.1, 0.15) is 35.0 Å². The number of anilines is 1. The first-order valence-electron chi connectivity index (χ1n) is 12.4. The van der Waals surface area contributed by atoms with Gasteiger partial charge in [-0.25, -0.2) is 4.98 Å². The molecule has 2 atom stereocenters. The number of aromatic nitrogens is 3. The van der Waals surface area contributed by atoms with Gasteiger partial charge in [-0.3, -0.25) is 14.8 Å². The van der Waals surface area contributed by atoms with Crippen LogP contribution in [0.3, 0.4) is 0 Å². The molecule has 3 heterocycles. The second-order valence-electron chi connectivity index (χ2n) is 9.57. The lowest BCUT2D eigenvalue weighted by atomic mass is 9.73. The number of pyridine rings is 2. The quantitative estimate of drug-likeness (QED) is 0.296. The molecule has 0 aliphatic heterocycles. The Labute approximate surface area is 220 Å². The van der Waals surface area contributed by atoms with Crippen LogP contribution in [0.15, 0.2) is 103 Å².